The monoisotopic (exact) mass is 529 g/mol. The van der Waals surface area contributed by atoms with Crippen LogP contribution in [-0.2, 0) is 19.6 Å². The van der Waals surface area contributed by atoms with Crippen molar-refractivity contribution < 1.29 is 36.6 Å². The van der Waals surface area contributed by atoms with E-state index in [4.69, 9.17) is 16.3 Å². The predicted molar refractivity (Wildman–Crippen MR) is 122 cm³/mol. The molecule has 0 saturated heterocycles. The summed E-state index contributed by atoms with van der Waals surface area (Å²) in [7, 11) is 0. The van der Waals surface area contributed by atoms with Crippen LogP contribution in [0.5, 0.6) is 5.75 Å². The van der Waals surface area contributed by atoms with E-state index in [1.807, 2.05) is 0 Å². The lowest BCUT2D eigenvalue weighted by atomic mass is 10.1. The van der Waals surface area contributed by atoms with Gasteiger partial charge in [0.1, 0.15) is 23.2 Å². The number of aliphatic hydroxyl groups is 1. The molecule has 1 aromatic heterocycles. The third-order valence-electron chi connectivity index (χ3n) is 5.87. The minimum absolute atomic E-state index is 0.0971. The Morgan fingerprint density at radius 1 is 1.25 bits per heavy atom. The maximum Gasteiger partial charge on any atom is 0.425 e. The van der Waals surface area contributed by atoms with Gasteiger partial charge in [-0.1, -0.05) is 17.7 Å². The lowest BCUT2D eigenvalue weighted by molar-refractivity contribution is -0.189. The molecule has 0 fully saturated rings. The first-order chi connectivity index (χ1) is 17.0. The fraction of sp³-hybridized carbons (Fsp3) is 0.333. The van der Waals surface area contributed by atoms with Gasteiger partial charge >= 0.3 is 6.18 Å². The van der Waals surface area contributed by atoms with Gasteiger partial charge in [-0.3, -0.25) is 4.79 Å². The van der Waals surface area contributed by atoms with E-state index in [0.717, 1.165) is 31.9 Å². The molecule has 3 aromatic rings. The van der Waals surface area contributed by atoms with E-state index in [9.17, 15) is 27.5 Å². The van der Waals surface area contributed by atoms with E-state index in [0.29, 0.717) is 30.4 Å². The van der Waals surface area contributed by atoms with E-state index >= 15 is 4.39 Å². The molecule has 0 bridgehead atoms. The number of ether oxygens (including phenoxy) is 1. The van der Waals surface area contributed by atoms with Crippen LogP contribution in [0.15, 0.2) is 30.3 Å². The molecule has 1 aliphatic rings. The van der Waals surface area contributed by atoms with Gasteiger partial charge in [-0.2, -0.15) is 13.2 Å². The number of nitrogens with zero attached hydrogens (tertiary/aromatic N) is 2. The van der Waals surface area contributed by atoms with Crippen molar-refractivity contribution in [3.63, 3.8) is 0 Å². The molecule has 2 N–H and O–H groups in total. The number of imidazole rings is 1. The third kappa shape index (κ3) is 5.03. The van der Waals surface area contributed by atoms with Crippen molar-refractivity contribution >= 4 is 23.2 Å². The van der Waals surface area contributed by atoms with Gasteiger partial charge < -0.3 is 19.7 Å². The summed E-state index contributed by atoms with van der Waals surface area (Å²) in [5, 5.41) is 11.7. The molecule has 0 spiro atoms. The standard InChI is InChI=1S/C24H21ClF5N3O3/c1-12(24(28,29)30)36-20-10-13(22-31-18(11-34)19-7-2-3-8-33(19)22)17(27)9-14(20)23(35)32-21-15(25)5-4-6-16(21)26/h4-6,9-10,12,34H,2-3,7-8,11H2,1H3,(H,32,35)/t12-/m0/s1. The Kier molecular flexibility index (Phi) is 7.24. The molecule has 1 atom stereocenters. The van der Waals surface area contributed by atoms with Crippen molar-refractivity contribution in [3.05, 3.63) is 63.9 Å². The highest BCUT2D eigenvalue weighted by atomic mass is 35.5. The fourth-order valence-corrected chi connectivity index (χ4v) is 4.22. The first-order valence-electron chi connectivity index (χ1n) is 11.0. The summed E-state index contributed by atoms with van der Waals surface area (Å²) >= 11 is 5.92. The minimum Gasteiger partial charge on any atom is -0.480 e. The van der Waals surface area contributed by atoms with Crippen molar-refractivity contribution in [1.29, 1.82) is 0 Å². The number of hydrogen-bond acceptors (Lipinski definition) is 4. The second-order valence-electron chi connectivity index (χ2n) is 8.28. The highest BCUT2D eigenvalue weighted by Gasteiger charge is 2.39. The number of amides is 1. The normalized spacial score (nSPS) is 14.3. The zero-order valence-electron chi connectivity index (χ0n) is 18.9. The molecule has 0 unspecified atom stereocenters. The van der Waals surface area contributed by atoms with Crippen LogP contribution in [0.1, 0.15) is 41.5 Å². The zero-order chi connectivity index (χ0) is 26.2. The van der Waals surface area contributed by atoms with Crippen LogP contribution in [0, 0.1) is 11.6 Å². The Balaban J connectivity index is 1.82. The van der Waals surface area contributed by atoms with Crippen LogP contribution >= 0.6 is 11.6 Å². The van der Waals surface area contributed by atoms with Crippen LogP contribution < -0.4 is 10.1 Å². The van der Waals surface area contributed by atoms with Crippen molar-refractivity contribution in [2.45, 2.75) is 51.6 Å². The van der Waals surface area contributed by atoms with E-state index in [2.05, 4.69) is 10.3 Å². The van der Waals surface area contributed by atoms with Crippen molar-refractivity contribution in [2.75, 3.05) is 5.32 Å². The van der Waals surface area contributed by atoms with E-state index in [-0.39, 0.29) is 16.4 Å². The number of fused-ring (bicyclic) bond motifs is 1. The Morgan fingerprint density at radius 3 is 2.67 bits per heavy atom. The molecule has 2 aromatic carbocycles. The van der Waals surface area contributed by atoms with Gasteiger partial charge in [0.05, 0.1) is 34.1 Å². The molecule has 4 rings (SSSR count). The minimum atomic E-state index is -4.78. The molecule has 2 heterocycles. The van der Waals surface area contributed by atoms with Crippen LogP contribution in [0.25, 0.3) is 11.4 Å². The Bertz CT molecular complexity index is 1290. The van der Waals surface area contributed by atoms with Crippen LogP contribution in [0.4, 0.5) is 27.6 Å². The summed E-state index contributed by atoms with van der Waals surface area (Å²) < 4.78 is 76.1. The molecule has 6 nitrogen and oxygen atoms in total. The lowest BCUT2D eigenvalue weighted by Crippen LogP contribution is -2.32. The number of nitrogens with one attached hydrogen (secondary N) is 1. The van der Waals surface area contributed by atoms with Crippen molar-refractivity contribution in [3.8, 4) is 17.1 Å². The second-order valence-corrected chi connectivity index (χ2v) is 8.68. The molecule has 1 amide bonds. The molecule has 0 radical (unpaired) electrons. The number of para-hydroxylation sites is 1. The van der Waals surface area contributed by atoms with E-state index < -0.39 is 53.4 Å². The summed E-state index contributed by atoms with van der Waals surface area (Å²) in [6.45, 7) is 0.815. The molecule has 36 heavy (non-hydrogen) atoms. The number of aliphatic hydroxyl groups excluding tert-OH is 1. The maximum absolute atomic E-state index is 15.4. The summed E-state index contributed by atoms with van der Waals surface area (Å²) in [6, 6.07) is 5.29. The van der Waals surface area contributed by atoms with Gasteiger partial charge in [0.25, 0.3) is 5.91 Å². The lowest BCUT2D eigenvalue weighted by Gasteiger charge is -2.21. The molecule has 1 aliphatic heterocycles. The number of rotatable bonds is 6. The van der Waals surface area contributed by atoms with Gasteiger partial charge in [0.15, 0.2) is 6.10 Å². The Morgan fingerprint density at radius 2 is 2.00 bits per heavy atom. The quantitative estimate of drug-likeness (QED) is 0.390. The van der Waals surface area contributed by atoms with Crippen LogP contribution in [0.2, 0.25) is 5.02 Å². The smallest absolute Gasteiger partial charge is 0.425 e. The van der Waals surface area contributed by atoms with Crippen molar-refractivity contribution in [2.24, 2.45) is 0 Å². The SMILES string of the molecule is C[C@H](Oc1cc(-c2nc(CO)c3n2CCCC3)c(F)cc1C(=O)Nc1c(F)cccc1Cl)C(F)(F)F. The molecular weight excluding hydrogens is 509 g/mol. The Labute approximate surface area is 207 Å². The predicted octanol–water partition coefficient (Wildman–Crippen LogP) is 5.89. The Hall–Kier alpha value is -3.18. The number of aromatic nitrogens is 2. The third-order valence-corrected chi connectivity index (χ3v) is 6.19. The molecule has 0 aliphatic carbocycles. The van der Waals surface area contributed by atoms with Gasteiger partial charge in [-0.25, -0.2) is 13.8 Å². The molecule has 0 saturated carbocycles. The molecular formula is C24H21ClF5N3O3. The average molecular weight is 530 g/mol. The number of hydrogen-bond donors (Lipinski definition) is 2. The second kappa shape index (κ2) is 10.1. The summed E-state index contributed by atoms with van der Waals surface area (Å²) in [4.78, 5) is 17.2. The van der Waals surface area contributed by atoms with Crippen LogP contribution in [0.3, 0.4) is 0 Å². The topological polar surface area (TPSA) is 76.4 Å². The largest absolute Gasteiger partial charge is 0.480 e. The highest BCUT2D eigenvalue weighted by Crippen LogP contribution is 2.36. The summed E-state index contributed by atoms with van der Waals surface area (Å²) in [5.74, 6) is -3.47. The van der Waals surface area contributed by atoms with Gasteiger partial charge in [-0.05, 0) is 50.5 Å². The number of alkyl halides is 3. The van der Waals surface area contributed by atoms with E-state index in [1.165, 1.54) is 12.1 Å². The fourth-order valence-electron chi connectivity index (χ4n) is 4.01. The zero-order valence-corrected chi connectivity index (χ0v) is 19.7. The number of carbonyl (C=O) groups is 1. The first-order valence-corrected chi connectivity index (χ1v) is 11.4. The average Bonchev–Trinajstić information content (AvgIpc) is 3.20. The van der Waals surface area contributed by atoms with Gasteiger partial charge in [0, 0.05) is 12.2 Å². The van der Waals surface area contributed by atoms with Gasteiger partial charge in [0.2, 0.25) is 0 Å². The number of carbonyl (C=O) groups excluding carboxylic acids is 1. The van der Waals surface area contributed by atoms with Crippen molar-refractivity contribution in [1.82, 2.24) is 9.55 Å². The molecule has 192 valence electrons. The highest BCUT2D eigenvalue weighted by molar-refractivity contribution is 6.34. The summed E-state index contributed by atoms with van der Waals surface area (Å²) in [6.07, 6.45) is -4.92. The first kappa shape index (κ1) is 25.9. The number of halogens is 6. The van der Waals surface area contributed by atoms with Gasteiger partial charge in [-0.15, -0.1) is 0 Å². The summed E-state index contributed by atoms with van der Waals surface area (Å²) in [5.41, 5.74) is -0.174. The maximum atomic E-state index is 15.4. The number of benzene rings is 2. The van der Waals surface area contributed by atoms with Crippen LogP contribution in [-0.4, -0.2) is 32.8 Å². The molecule has 12 heteroatoms. The number of anilines is 1. The van der Waals surface area contributed by atoms with E-state index in [1.54, 1.807) is 4.57 Å².